The third-order valence-corrected chi connectivity index (χ3v) is 5.57. The van der Waals surface area contributed by atoms with E-state index in [0.29, 0.717) is 26.1 Å². The molecule has 0 radical (unpaired) electrons. The van der Waals surface area contributed by atoms with Crippen molar-refractivity contribution in [3.05, 3.63) is 65.2 Å². The fraction of sp³-hybridized carbons (Fsp3) is 0.417. The van der Waals surface area contributed by atoms with Crippen molar-refractivity contribution in [2.45, 2.75) is 32.0 Å². The Kier molecular flexibility index (Phi) is 7.89. The molecule has 31 heavy (non-hydrogen) atoms. The van der Waals surface area contributed by atoms with E-state index in [-0.39, 0.29) is 18.0 Å². The first-order valence-electron chi connectivity index (χ1n) is 10.6. The Morgan fingerprint density at radius 1 is 1.13 bits per heavy atom. The molecule has 0 saturated carbocycles. The molecule has 1 saturated heterocycles. The predicted molar refractivity (Wildman–Crippen MR) is 121 cm³/mol. The monoisotopic (exact) mass is 424 g/mol. The minimum absolute atomic E-state index is 0.0109. The van der Waals surface area contributed by atoms with Gasteiger partial charge in [-0.2, -0.15) is 0 Å². The van der Waals surface area contributed by atoms with E-state index in [2.05, 4.69) is 15.5 Å². The van der Waals surface area contributed by atoms with Crippen molar-refractivity contribution in [2.24, 2.45) is 0 Å². The molecule has 166 valence electrons. The molecule has 7 nitrogen and oxygen atoms in total. The van der Waals surface area contributed by atoms with Gasteiger partial charge in [0, 0.05) is 38.2 Å². The molecule has 1 heterocycles. The first kappa shape index (κ1) is 22.6. The first-order valence-corrected chi connectivity index (χ1v) is 10.6. The molecule has 2 aromatic rings. The maximum absolute atomic E-state index is 12.4. The number of urea groups is 1. The second kappa shape index (κ2) is 10.8. The van der Waals surface area contributed by atoms with Gasteiger partial charge in [-0.05, 0) is 37.7 Å². The van der Waals surface area contributed by atoms with Gasteiger partial charge in [-0.3, -0.25) is 4.79 Å². The van der Waals surface area contributed by atoms with Crippen LogP contribution in [-0.4, -0.2) is 56.0 Å². The van der Waals surface area contributed by atoms with Crippen molar-refractivity contribution in [2.75, 3.05) is 34.3 Å². The molecule has 1 fully saturated rings. The Morgan fingerprint density at radius 2 is 1.90 bits per heavy atom. The number of carbonyl (C=O) groups excluding carboxylic acids is 2. The maximum Gasteiger partial charge on any atom is 0.315 e. The van der Waals surface area contributed by atoms with E-state index in [1.54, 1.807) is 7.11 Å². The number of hydrogen-bond acceptors (Lipinski definition) is 4. The number of nitrogens with zero attached hydrogens (tertiary/aromatic N) is 2. The van der Waals surface area contributed by atoms with Gasteiger partial charge in [0.15, 0.2) is 0 Å². The number of benzene rings is 2. The van der Waals surface area contributed by atoms with E-state index in [0.717, 1.165) is 35.4 Å². The number of nitrogens with one attached hydrogen (secondary N) is 2. The van der Waals surface area contributed by atoms with Crippen molar-refractivity contribution in [3.63, 3.8) is 0 Å². The van der Waals surface area contributed by atoms with Crippen LogP contribution in [0.15, 0.2) is 48.5 Å². The fourth-order valence-corrected chi connectivity index (χ4v) is 3.88. The zero-order chi connectivity index (χ0) is 22.2. The molecule has 1 aliphatic rings. The van der Waals surface area contributed by atoms with Crippen LogP contribution < -0.4 is 15.4 Å². The van der Waals surface area contributed by atoms with Crippen LogP contribution in [0.3, 0.4) is 0 Å². The van der Waals surface area contributed by atoms with Gasteiger partial charge in [0.1, 0.15) is 5.75 Å². The van der Waals surface area contributed by atoms with Crippen molar-refractivity contribution in [1.82, 2.24) is 20.4 Å². The summed E-state index contributed by atoms with van der Waals surface area (Å²) in [5.74, 6) is 1.02. The van der Waals surface area contributed by atoms with Crippen LogP contribution in [0.4, 0.5) is 4.79 Å². The maximum atomic E-state index is 12.4. The van der Waals surface area contributed by atoms with E-state index in [4.69, 9.17) is 4.74 Å². The standard InChI is InChI=1S/C24H32N4O3/c1-27(2)21(20-10-4-5-11-22(20)31-3)16-26-24(30)25-15-18-8-6-9-19(14-18)17-28-13-7-12-23(28)29/h4-6,8-11,14,21H,7,12-13,15-17H2,1-3H3,(H2,25,26,30). The van der Waals surface area contributed by atoms with Crippen LogP contribution >= 0.6 is 0 Å². The molecule has 0 spiro atoms. The largest absolute Gasteiger partial charge is 0.496 e. The minimum atomic E-state index is -0.220. The summed E-state index contributed by atoms with van der Waals surface area (Å²) in [6.07, 6.45) is 1.58. The molecule has 3 rings (SSSR count). The number of likely N-dealkylation sites (tertiary alicyclic amines) is 1. The molecular weight excluding hydrogens is 392 g/mol. The second-order valence-electron chi connectivity index (χ2n) is 8.02. The number of para-hydroxylation sites is 1. The van der Waals surface area contributed by atoms with Gasteiger partial charge in [0.25, 0.3) is 0 Å². The summed E-state index contributed by atoms with van der Waals surface area (Å²) in [5, 5.41) is 5.89. The van der Waals surface area contributed by atoms with Crippen LogP contribution in [0.25, 0.3) is 0 Å². The molecule has 7 heteroatoms. The Labute approximate surface area is 184 Å². The quantitative estimate of drug-likeness (QED) is 0.649. The summed E-state index contributed by atoms with van der Waals surface area (Å²) in [7, 11) is 5.61. The van der Waals surface area contributed by atoms with Crippen molar-refractivity contribution >= 4 is 11.9 Å². The van der Waals surface area contributed by atoms with Crippen LogP contribution in [0.2, 0.25) is 0 Å². The lowest BCUT2D eigenvalue weighted by atomic mass is 10.0. The highest BCUT2D eigenvalue weighted by molar-refractivity contribution is 5.78. The Hall–Kier alpha value is -3.06. The highest BCUT2D eigenvalue weighted by atomic mass is 16.5. The Bertz CT molecular complexity index is 900. The Balaban J connectivity index is 1.52. The molecule has 1 aliphatic heterocycles. The summed E-state index contributed by atoms with van der Waals surface area (Å²) in [6, 6.07) is 15.6. The first-order chi connectivity index (χ1) is 15.0. The SMILES string of the molecule is COc1ccccc1C(CNC(=O)NCc1cccc(CN2CCCC2=O)c1)N(C)C. The summed E-state index contributed by atoms with van der Waals surface area (Å²) in [5.41, 5.74) is 3.12. The number of methoxy groups -OCH3 is 1. The van der Waals surface area contributed by atoms with Gasteiger partial charge in [0.05, 0.1) is 13.2 Å². The molecule has 0 aromatic heterocycles. The summed E-state index contributed by atoms with van der Waals surface area (Å²) in [4.78, 5) is 28.2. The molecular formula is C24H32N4O3. The van der Waals surface area contributed by atoms with Crippen LogP contribution in [0.1, 0.15) is 35.6 Å². The lowest BCUT2D eigenvalue weighted by Crippen LogP contribution is -2.40. The number of rotatable bonds is 9. The molecule has 2 aromatic carbocycles. The van der Waals surface area contributed by atoms with Crippen LogP contribution in [0, 0.1) is 0 Å². The van der Waals surface area contributed by atoms with Gasteiger partial charge in [0.2, 0.25) is 5.91 Å². The zero-order valence-corrected chi connectivity index (χ0v) is 18.6. The summed E-state index contributed by atoms with van der Waals surface area (Å²) in [6.45, 7) is 2.33. The smallest absolute Gasteiger partial charge is 0.315 e. The highest BCUT2D eigenvalue weighted by Gasteiger charge is 2.20. The van der Waals surface area contributed by atoms with Gasteiger partial charge in [-0.1, -0.05) is 42.5 Å². The van der Waals surface area contributed by atoms with Crippen molar-refractivity contribution in [1.29, 1.82) is 0 Å². The minimum Gasteiger partial charge on any atom is -0.496 e. The van der Waals surface area contributed by atoms with Crippen LogP contribution in [0.5, 0.6) is 5.75 Å². The van der Waals surface area contributed by atoms with Gasteiger partial charge >= 0.3 is 6.03 Å². The number of carbonyl (C=O) groups is 2. The average molecular weight is 425 g/mol. The Morgan fingerprint density at radius 3 is 2.61 bits per heavy atom. The van der Waals surface area contributed by atoms with Gasteiger partial charge in [-0.15, -0.1) is 0 Å². The molecule has 1 atom stereocenters. The number of ether oxygens (including phenoxy) is 1. The van der Waals surface area contributed by atoms with E-state index >= 15 is 0 Å². The summed E-state index contributed by atoms with van der Waals surface area (Å²) < 4.78 is 5.47. The zero-order valence-electron chi connectivity index (χ0n) is 18.6. The third kappa shape index (κ3) is 6.21. The molecule has 1 unspecified atom stereocenters. The van der Waals surface area contributed by atoms with E-state index in [1.807, 2.05) is 67.5 Å². The predicted octanol–water partition coefficient (Wildman–Crippen LogP) is 2.92. The third-order valence-electron chi connectivity index (χ3n) is 5.57. The number of amides is 3. The van der Waals surface area contributed by atoms with Gasteiger partial charge < -0.3 is 25.2 Å². The van der Waals surface area contributed by atoms with Crippen molar-refractivity contribution < 1.29 is 14.3 Å². The summed E-state index contributed by atoms with van der Waals surface area (Å²) >= 11 is 0. The van der Waals surface area contributed by atoms with Crippen LogP contribution in [-0.2, 0) is 17.9 Å². The normalized spacial score (nSPS) is 14.6. The topological polar surface area (TPSA) is 73.9 Å². The number of likely N-dealkylation sites (N-methyl/N-ethyl adjacent to an activating group) is 1. The molecule has 3 amide bonds. The fourth-order valence-electron chi connectivity index (χ4n) is 3.88. The second-order valence-corrected chi connectivity index (χ2v) is 8.02. The molecule has 2 N–H and O–H groups in total. The average Bonchev–Trinajstić information content (AvgIpc) is 3.17. The van der Waals surface area contributed by atoms with E-state index in [1.165, 1.54) is 0 Å². The van der Waals surface area contributed by atoms with Crippen molar-refractivity contribution in [3.8, 4) is 5.75 Å². The van der Waals surface area contributed by atoms with E-state index < -0.39 is 0 Å². The lowest BCUT2D eigenvalue weighted by molar-refractivity contribution is -0.128. The van der Waals surface area contributed by atoms with Gasteiger partial charge in [-0.25, -0.2) is 4.79 Å². The molecule has 0 aliphatic carbocycles. The van der Waals surface area contributed by atoms with E-state index in [9.17, 15) is 9.59 Å². The highest BCUT2D eigenvalue weighted by Crippen LogP contribution is 2.27. The number of hydrogen-bond donors (Lipinski definition) is 2. The lowest BCUT2D eigenvalue weighted by Gasteiger charge is -2.26. The molecule has 0 bridgehead atoms.